The third-order valence-corrected chi connectivity index (χ3v) is 17.1. The zero-order valence-corrected chi connectivity index (χ0v) is 42.2. The van der Waals surface area contributed by atoms with Crippen LogP contribution in [0.15, 0.2) is 168 Å². The summed E-state index contributed by atoms with van der Waals surface area (Å²) in [5.41, 5.74) is 5.63. The fourth-order valence-electron chi connectivity index (χ4n) is 9.96. The molecule has 2 N–H and O–H groups in total. The Hall–Kier alpha value is -6.40. The molecule has 6 aromatic carbocycles. The monoisotopic (exact) mass is 1050 g/mol. The lowest BCUT2D eigenvalue weighted by molar-refractivity contribution is 0.322. The first kappa shape index (κ1) is 50.5. The maximum atomic E-state index is 14.2. The molecule has 2 aliphatic rings. The number of piperidine rings is 2. The van der Waals surface area contributed by atoms with Crippen molar-refractivity contribution in [3.63, 3.8) is 0 Å². The molecule has 12 nitrogen and oxygen atoms in total. The molecule has 2 fully saturated rings. The van der Waals surface area contributed by atoms with E-state index in [1.165, 1.54) is 32.2 Å². The minimum atomic E-state index is -3.90. The number of aromatic nitrogens is 6. The van der Waals surface area contributed by atoms with Crippen LogP contribution in [0, 0.1) is 23.5 Å². The van der Waals surface area contributed by atoms with Gasteiger partial charge >= 0.3 is 0 Å². The van der Waals surface area contributed by atoms with Gasteiger partial charge in [-0.25, -0.2) is 33.6 Å². The molecule has 2 saturated heterocycles. The van der Waals surface area contributed by atoms with Crippen LogP contribution in [0.1, 0.15) is 25.7 Å². The van der Waals surface area contributed by atoms with E-state index in [9.17, 15) is 25.6 Å². The van der Waals surface area contributed by atoms with E-state index in [-0.39, 0.29) is 34.6 Å². The molecule has 12 rings (SSSR count). The van der Waals surface area contributed by atoms with E-state index in [0.717, 1.165) is 103 Å². The highest BCUT2D eigenvalue weighted by atomic mass is 35.5. The van der Waals surface area contributed by atoms with Crippen LogP contribution < -0.4 is 10.6 Å². The topological polar surface area (TPSA) is 138 Å². The second kappa shape index (κ2) is 21.0. The number of nitrogens with zero attached hydrogens (tertiary/aromatic N) is 6. The number of fused-ring (bicyclic) bond motifs is 4. The van der Waals surface area contributed by atoms with Crippen molar-refractivity contribution in [3.05, 3.63) is 170 Å². The summed E-state index contributed by atoms with van der Waals surface area (Å²) >= 11 is 0. The van der Waals surface area contributed by atoms with Gasteiger partial charge in [-0.2, -0.15) is 10.2 Å². The van der Waals surface area contributed by atoms with Crippen molar-refractivity contribution in [2.24, 2.45) is 11.8 Å². The molecular formula is C54H52Cl2F2N8O4S2. The minimum Gasteiger partial charge on any atom is -0.317 e. The molecule has 0 amide bonds. The van der Waals surface area contributed by atoms with Gasteiger partial charge in [0, 0.05) is 64.4 Å². The van der Waals surface area contributed by atoms with Gasteiger partial charge in [0.25, 0.3) is 20.0 Å². The van der Waals surface area contributed by atoms with Crippen LogP contribution in [0.5, 0.6) is 0 Å². The van der Waals surface area contributed by atoms with Crippen molar-refractivity contribution in [2.75, 3.05) is 26.2 Å². The van der Waals surface area contributed by atoms with Gasteiger partial charge in [-0.1, -0.05) is 60.7 Å². The fraction of sp³-hybridized carbons (Fsp3) is 0.222. The Kier molecular flexibility index (Phi) is 14.7. The molecule has 4 aromatic heterocycles. The number of nitrogens with one attached hydrogen (secondary N) is 2. The average Bonchev–Trinajstić information content (AvgIpc) is 4.18. The normalized spacial score (nSPS) is 14.8. The minimum absolute atomic E-state index is 0. The zero-order valence-electron chi connectivity index (χ0n) is 38.9. The molecule has 10 aromatic rings. The standard InChI is InChI=1S/2C27H25FN4O2S.2ClH/c28-22-8-9-24-25(18-32(27(24)15-22)35(33,34)23-4-2-1-3-5-23)20-6-7-21-16-30-31(26(21)14-20)17-19-10-12-29-13-11-19;28-22-8-9-24-25(18-32(27(24)15-22)35(33,34)23-4-2-1-3-5-23)20-6-7-21-17-31(30-26(21)14-20)16-19-10-12-29-13-11-19;;/h1-9,14-16,18-19,29H,10-13,17H2;1-9,14-15,17-19,29H,10-13,16H2;2*1H. The summed E-state index contributed by atoms with van der Waals surface area (Å²) in [6.07, 6.45) is 11.7. The van der Waals surface area contributed by atoms with Gasteiger partial charge in [0.1, 0.15) is 11.6 Å². The van der Waals surface area contributed by atoms with Crippen molar-refractivity contribution < 1.29 is 25.6 Å². The van der Waals surface area contributed by atoms with Gasteiger partial charge in [0.15, 0.2) is 0 Å². The highest BCUT2D eigenvalue weighted by Crippen LogP contribution is 2.37. The summed E-state index contributed by atoms with van der Waals surface area (Å²) in [5, 5.41) is 19.6. The van der Waals surface area contributed by atoms with Crippen molar-refractivity contribution in [1.82, 2.24) is 38.1 Å². The summed E-state index contributed by atoms with van der Waals surface area (Å²) < 4.78 is 88.7. The lowest BCUT2D eigenvalue weighted by Gasteiger charge is -2.22. The molecule has 372 valence electrons. The van der Waals surface area contributed by atoms with Crippen LogP contribution in [0.4, 0.5) is 8.78 Å². The first-order valence-electron chi connectivity index (χ1n) is 23.6. The summed E-state index contributed by atoms with van der Waals surface area (Å²) in [5.74, 6) is 0.214. The van der Waals surface area contributed by atoms with Crippen molar-refractivity contribution in [3.8, 4) is 22.3 Å². The summed E-state index contributed by atoms with van der Waals surface area (Å²) in [6, 6.07) is 37.0. The Balaban J connectivity index is 0.000000173. The van der Waals surface area contributed by atoms with Gasteiger partial charge < -0.3 is 10.6 Å². The number of hydrogen-bond donors (Lipinski definition) is 2. The molecule has 2 aliphatic heterocycles. The predicted octanol–water partition coefficient (Wildman–Crippen LogP) is 10.9. The van der Waals surface area contributed by atoms with Gasteiger partial charge in [-0.05, 0) is 148 Å². The lowest BCUT2D eigenvalue weighted by atomic mass is 9.98. The molecule has 0 bridgehead atoms. The van der Waals surface area contributed by atoms with Crippen molar-refractivity contribution >= 4 is 88.5 Å². The second-order valence-electron chi connectivity index (χ2n) is 18.2. The lowest BCUT2D eigenvalue weighted by Crippen LogP contribution is -2.30. The summed E-state index contributed by atoms with van der Waals surface area (Å²) in [6.45, 7) is 5.89. The average molecular weight is 1050 g/mol. The van der Waals surface area contributed by atoms with Gasteiger partial charge in [-0.3, -0.25) is 9.36 Å². The highest BCUT2D eigenvalue weighted by Gasteiger charge is 2.25. The van der Waals surface area contributed by atoms with E-state index < -0.39 is 31.7 Å². The van der Waals surface area contributed by atoms with Gasteiger partial charge in [0.2, 0.25) is 0 Å². The van der Waals surface area contributed by atoms with E-state index in [1.54, 1.807) is 85.2 Å². The summed E-state index contributed by atoms with van der Waals surface area (Å²) in [4.78, 5) is 0.308. The molecule has 0 saturated carbocycles. The molecule has 6 heterocycles. The maximum Gasteiger partial charge on any atom is 0.268 e. The predicted molar refractivity (Wildman–Crippen MR) is 285 cm³/mol. The number of benzene rings is 6. The van der Waals surface area contributed by atoms with E-state index in [2.05, 4.69) is 28.0 Å². The maximum absolute atomic E-state index is 14.2. The van der Waals surface area contributed by atoms with Crippen LogP contribution in [-0.4, -0.2) is 70.5 Å². The van der Waals surface area contributed by atoms with E-state index in [1.807, 2.05) is 45.9 Å². The Labute approximate surface area is 428 Å². The Morgan fingerprint density at radius 2 is 1.01 bits per heavy atom. The molecule has 0 aliphatic carbocycles. The molecule has 72 heavy (non-hydrogen) atoms. The molecular weight excluding hydrogens is 998 g/mol. The summed E-state index contributed by atoms with van der Waals surface area (Å²) in [7, 11) is -7.80. The van der Waals surface area contributed by atoms with Crippen LogP contribution in [-0.2, 0) is 33.1 Å². The number of hydrogen-bond acceptors (Lipinski definition) is 8. The Bertz CT molecular complexity index is 3770. The highest BCUT2D eigenvalue weighted by molar-refractivity contribution is 7.90. The van der Waals surface area contributed by atoms with Crippen LogP contribution in [0.25, 0.3) is 65.9 Å². The van der Waals surface area contributed by atoms with Crippen LogP contribution in [0.3, 0.4) is 0 Å². The van der Waals surface area contributed by atoms with Gasteiger partial charge in [0.05, 0.1) is 38.1 Å². The molecule has 0 radical (unpaired) electrons. The molecule has 0 spiro atoms. The molecule has 18 heteroatoms. The third-order valence-electron chi connectivity index (χ3n) is 13.7. The van der Waals surface area contributed by atoms with Crippen molar-refractivity contribution in [1.29, 1.82) is 0 Å². The first-order chi connectivity index (χ1) is 34.0. The zero-order chi connectivity index (χ0) is 48.0. The third kappa shape index (κ3) is 9.91. The van der Waals surface area contributed by atoms with E-state index in [0.29, 0.717) is 39.2 Å². The quantitative estimate of drug-likeness (QED) is 0.138. The van der Waals surface area contributed by atoms with Crippen LogP contribution >= 0.6 is 24.8 Å². The largest absolute Gasteiger partial charge is 0.317 e. The molecule has 0 unspecified atom stereocenters. The second-order valence-corrected chi connectivity index (χ2v) is 21.9. The van der Waals surface area contributed by atoms with E-state index >= 15 is 0 Å². The van der Waals surface area contributed by atoms with Gasteiger partial charge in [-0.15, -0.1) is 24.8 Å². The van der Waals surface area contributed by atoms with Crippen molar-refractivity contribution in [2.45, 2.75) is 48.6 Å². The SMILES string of the molecule is Cl.Cl.O=S(=O)(c1ccccc1)n1cc(-c2ccc3cn(CC4CCNCC4)nc3c2)c2ccc(F)cc21.O=S(=O)(c1ccccc1)n1cc(-c2ccc3cnn(CC4CCNCC4)c3c2)c2ccc(F)cc21. The number of halogens is 4. The molecule has 0 atom stereocenters. The fourth-order valence-corrected chi connectivity index (χ4v) is 12.7. The Morgan fingerprint density at radius 3 is 1.54 bits per heavy atom. The smallest absolute Gasteiger partial charge is 0.268 e. The number of rotatable bonds is 10. The van der Waals surface area contributed by atoms with E-state index in [4.69, 9.17) is 5.10 Å². The van der Waals surface area contributed by atoms with Crippen LogP contribution in [0.2, 0.25) is 0 Å². The Morgan fingerprint density at radius 1 is 0.528 bits per heavy atom. The first-order valence-corrected chi connectivity index (χ1v) is 26.4.